The molecule has 164 valence electrons. The van der Waals surface area contributed by atoms with Crippen LogP contribution in [0.3, 0.4) is 0 Å². The molecule has 0 radical (unpaired) electrons. The maximum atomic E-state index is 12.9. The Morgan fingerprint density at radius 3 is 2.71 bits per heavy atom. The van der Waals surface area contributed by atoms with Crippen LogP contribution < -0.4 is 0 Å². The number of amides is 1. The first-order valence-corrected chi connectivity index (χ1v) is 12.1. The van der Waals surface area contributed by atoms with Crippen molar-refractivity contribution in [2.45, 2.75) is 24.7 Å². The van der Waals surface area contributed by atoms with Crippen molar-refractivity contribution < 1.29 is 22.8 Å². The van der Waals surface area contributed by atoms with Crippen LogP contribution in [0.1, 0.15) is 17.9 Å². The van der Waals surface area contributed by atoms with E-state index in [4.69, 9.17) is 4.52 Å². The second kappa shape index (κ2) is 8.77. The Labute approximate surface area is 184 Å². The van der Waals surface area contributed by atoms with Gasteiger partial charge in [0.15, 0.2) is 0 Å². The minimum atomic E-state index is -3.83. The van der Waals surface area contributed by atoms with Crippen LogP contribution in [0.2, 0.25) is 0 Å². The number of thiophene rings is 1. The summed E-state index contributed by atoms with van der Waals surface area (Å²) < 4.78 is 32.3. The Kier molecular flexibility index (Phi) is 6.08. The SMILES string of the molecule is Cc1ccc(O)c(S(=O)(=O)N2CCN(C(=O)CCc3nc(-c4cccs4)no3)CC2)c1. The van der Waals surface area contributed by atoms with Crippen LogP contribution in [0.25, 0.3) is 10.7 Å². The van der Waals surface area contributed by atoms with Crippen molar-refractivity contribution in [1.82, 2.24) is 19.3 Å². The number of rotatable bonds is 6. The number of nitrogens with zero attached hydrogens (tertiary/aromatic N) is 4. The molecule has 1 aliphatic rings. The lowest BCUT2D eigenvalue weighted by atomic mass is 10.2. The van der Waals surface area contributed by atoms with Gasteiger partial charge in [-0.25, -0.2) is 8.42 Å². The molecule has 0 bridgehead atoms. The van der Waals surface area contributed by atoms with Gasteiger partial charge in [0.1, 0.15) is 10.6 Å². The fourth-order valence-corrected chi connectivity index (χ4v) is 5.62. The number of aromatic hydroxyl groups is 1. The van der Waals surface area contributed by atoms with Crippen molar-refractivity contribution in [2.24, 2.45) is 0 Å². The predicted octanol–water partition coefficient (Wildman–Crippen LogP) is 2.28. The number of hydrogen-bond donors (Lipinski definition) is 1. The molecule has 3 aromatic rings. The minimum absolute atomic E-state index is 0.0914. The maximum Gasteiger partial charge on any atom is 0.246 e. The number of phenols is 1. The first-order valence-electron chi connectivity index (χ1n) is 9.78. The second-order valence-corrected chi connectivity index (χ2v) is 10.1. The van der Waals surface area contributed by atoms with Gasteiger partial charge in [0.05, 0.1) is 4.88 Å². The first kappa shape index (κ1) is 21.5. The van der Waals surface area contributed by atoms with Crippen LogP contribution in [0, 0.1) is 6.92 Å². The van der Waals surface area contributed by atoms with Gasteiger partial charge < -0.3 is 14.5 Å². The Morgan fingerprint density at radius 1 is 1.23 bits per heavy atom. The van der Waals surface area contributed by atoms with E-state index in [0.717, 1.165) is 10.4 Å². The summed E-state index contributed by atoms with van der Waals surface area (Å²) in [7, 11) is -3.83. The molecular formula is C20H22N4O5S2. The van der Waals surface area contributed by atoms with E-state index in [-0.39, 0.29) is 49.2 Å². The van der Waals surface area contributed by atoms with E-state index in [1.54, 1.807) is 17.9 Å². The Hall–Kier alpha value is -2.76. The number of piperazine rings is 1. The average molecular weight is 463 g/mol. The van der Waals surface area contributed by atoms with Crippen LogP contribution in [0.5, 0.6) is 5.75 Å². The average Bonchev–Trinajstić information content (AvgIpc) is 3.45. The molecule has 0 atom stereocenters. The lowest BCUT2D eigenvalue weighted by Gasteiger charge is -2.34. The van der Waals surface area contributed by atoms with Crippen molar-refractivity contribution in [1.29, 1.82) is 0 Å². The van der Waals surface area contributed by atoms with Crippen molar-refractivity contribution in [2.75, 3.05) is 26.2 Å². The summed E-state index contributed by atoms with van der Waals surface area (Å²) in [6, 6.07) is 8.28. The van der Waals surface area contributed by atoms with Gasteiger partial charge in [-0.1, -0.05) is 17.3 Å². The van der Waals surface area contributed by atoms with Gasteiger partial charge in [-0.05, 0) is 36.1 Å². The van der Waals surface area contributed by atoms with Crippen LogP contribution in [0.4, 0.5) is 0 Å². The van der Waals surface area contributed by atoms with Crippen LogP contribution >= 0.6 is 11.3 Å². The van der Waals surface area contributed by atoms with Crippen molar-refractivity contribution >= 4 is 27.3 Å². The highest BCUT2D eigenvalue weighted by Crippen LogP contribution is 2.27. The fraction of sp³-hybridized carbons (Fsp3) is 0.350. The van der Waals surface area contributed by atoms with Gasteiger partial charge in [-0.15, -0.1) is 11.3 Å². The zero-order chi connectivity index (χ0) is 22.0. The van der Waals surface area contributed by atoms with E-state index >= 15 is 0 Å². The molecule has 31 heavy (non-hydrogen) atoms. The second-order valence-electron chi connectivity index (χ2n) is 7.25. The number of benzene rings is 1. The van der Waals surface area contributed by atoms with E-state index in [9.17, 15) is 18.3 Å². The Morgan fingerprint density at radius 2 is 2.00 bits per heavy atom. The fourth-order valence-electron chi connectivity index (χ4n) is 3.38. The molecule has 3 heterocycles. The summed E-state index contributed by atoms with van der Waals surface area (Å²) in [5, 5.41) is 15.9. The lowest BCUT2D eigenvalue weighted by molar-refractivity contribution is -0.132. The van der Waals surface area contributed by atoms with Gasteiger partial charge >= 0.3 is 0 Å². The third-order valence-electron chi connectivity index (χ3n) is 5.09. The molecule has 0 saturated carbocycles. The third kappa shape index (κ3) is 4.63. The van der Waals surface area contributed by atoms with Gasteiger partial charge in [0.2, 0.25) is 27.6 Å². The highest BCUT2D eigenvalue weighted by Gasteiger charge is 2.31. The summed E-state index contributed by atoms with van der Waals surface area (Å²) in [5.74, 6) is 0.542. The number of carbonyl (C=O) groups is 1. The molecule has 2 aromatic heterocycles. The van der Waals surface area contributed by atoms with Gasteiger partial charge in [0, 0.05) is 39.0 Å². The number of sulfonamides is 1. The van der Waals surface area contributed by atoms with E-state index < -0.39 is 10.0 Å². The molecule has 9 nitrogen and oxygen atoms in total. The number of carbonyl (C=O) groups excluding carboxylic acids is 1. The zero-order valence-corrected chi connectivity index (χ0v) is 18.5. The van der Waals surface area contributed by atoms with Gasteiger partial charge in [-0.3, -0.25) is 4.79 Å². The van der Waals surface area contributed by atoms with E-state index in [2.05, 4.69) is 10.1 Å². The first-order chi connectivity index (χ1) is 14.8. The summed E-state index contributed by atoms with van der Waals surface area (Å²) >= 11 is 1.51. The number of phenolic OH excluding ortho intramolecular Hbond substituents is 1. The van der Waals surface area contributed by atoms with Crippen LogP contribution in [-0.2, 0) is 21.2 Å². The summed E-state index contributed by atoms with van der Waals surface area (Å²) in [6.45, 7) is 2.68. The van der Waals surface area contributed by atoms with Gasteiger partial charge in [0.25, 0.3) is 0 Å². The number of aryl methyl sites for hydroxylation is 2. The predicted molar refractivity (Wildman–Crippen MR) is 114 cm³/mol. The molecule has 4 rings (SSSR count). The van der Waals surface area contributed by atoms with E-state index in [1.165, 1.54) is 27.8 Å². The lowest BCUT2D eigenvalue weighted by Crippen LogP contribution is -2.50. The molecule has 11 heteroatoms. The molecule has 1 fully saturated rings. The zero-order valence-electron chi connectivity index (χ0n) is 16.9. The van der Waals surface area contributed by atoms with Crippen molar-refractivity contribution in [3.05, 3.63) is 47.2 Å². The maximum absolute atomic E-state index is 12.9. The Bertz CT molecular complexity index is 1170. The minimum Gasteiger partial charge on any atom is -0.507 e. The molecule has 0 aliphatic carbocycles. The Balaban J connectivity index is 1.32. The molecule has 1 aromatic carbocycles. The van der Waals surface area contributed by atoms with Gasteiger partial charge in [-0.2, -0.15) is 9.29 Å². The standard InChI is InChI=1S/C20H22N4O5S2/c1-14-4-5-15(25)17(13-14)31(27,28)24-10-8-23(9-11-24)19(26)7-6-18-21-20(22-29-18)16-3-2-12-30-16/h2-5,12-13,25H,6-11H2,1H3. The monoisotopic (exact) mass is 462 g/mol. The van der Waals surface area contributed by atoms with Crippen LogP contribution in [0.15, 0.2) is 45.1 Å². The van der Waals surface area contributed by atoms with E-state index in [0.29, 0.717) is 18.1 Å². The summed E-state index contributed by atoms with van der Waals surface area (Å²) in [6.07, 6.45) is 0.532. The quantitative estimate of drug-likeness (QED) is 0.597. The molecule has 1 amide bonds. The smallest absolute Gasteiger partial charge is 0.246 e. The highest BCUT2D eigenvalue weighted by molar-refractivity contribution is 7.89. The number of hydrogen-bond acceptors (Lipinski definition) is 8. The molecule has 1 saturated heterocycles. The number of aromatic nitrogens is 2. The van der Waals surface area contributed by atoms with E-state index in [1.807, 2.05) is 17.5 Å². The van der Waals surface area contributed by atoms with Crippen molar-refractivity contribution in [3.8, 4) is 16.5 Å². The third-order valence-corrected chi connectivity index (χ3v) is 7.88. The molecular weight excluding hydrogens is 440 g/mol. The summed E-state index contributed by atoms with van der Waals surface area (Å²) in [5.41, 5.74) is 0.744. The summed E-state index contributed by atoms with van der Waals surface area (Å²) in [4.78, 5) is 19.3. The van der Waals surface area contributed by atoms with Crippen molar-refractivity contribution in [3.63, 3.8) is 0 Å². The molecule has 1 N–H and O–H groups in total. The molecule has 0 spiro atoms. The highest BCUT2D eigenvalue weighted by atomic mass is 32.2. The topological polar surface area (TPSA) is 117 Å². The normalized spacial score (nSPS) is 15.3. The van der Waals surface area contributed by atoms with Crippen LogP contribution in [-0.4, -0.2) is 65.0 Å². The molecule has 0 unspecified atom stereocenters. The largest absolute Gasteiger partial charge is 0.507 e. The molecule has 1 aliphatic heterocycles.